The Hall–Kier alpha value is -3.59. The van der Waals surface area contributed by atoms with Crippen LogP contribution in [0.2, 0.25) is 0 Å². The summed E-state index contributed by atoms with van der Waals surface area (Å²) in [6.45, 7) is 1.44. The van der Waals surface area contributed by atoms with Gasteiger partial charge in [-0.25, -0.2) is 9.59 Å². The number of nitrogens with one attached hydrogen (secondary N) is 3. The van der Waals surface area contributed by atoms with Crippen molar-refractivity contribution in [2.75, 3.05) is 23.8 Å². The molecule has 4 rings (SSSR count). The molecule has 1 saturated heterocycles. The van der Waals surface area contributed by atoms with Crippen molar-refractivity contribution in [3.8, 4) is 0 Å². The number of carbonyl (C=O) groups excluding carboxylic acids is 2. The van der Waals surface area contributed by atoms with Crippen LogP contribution in [0.15, 0.2) is 57.7 Å². The van der Waals surface area contributed by atoms with Crippen LogP contribution in [0.4, 0.5) is 16.2 Å². The molecule has 3 N–H and O–H groups in total. The molecule has 3 amide bonds. The number of hydrogen-bond acceptors (Lipinski definition) is 5. The van der Waals surface area contributed by atoms with Gasteiger partial charge in [-0.1, -0.05) is 12.1 Å². The summed E-state index contributed by atoms with van der Waals surface area (Å²) in [6.07, 6.45) is 2.19. The maximum atomic E-state index is 12.3. The van der Waals surface area contributed by atoms with E-state index in [1.807, 2.05) is 6.07 Å². The van der Waals surface area contributed by atoms with Crippen molar-refractivity contribution >= 4 is 34.4 Å². The van der Waals surface area contributed by atoms with Gasteiger partial charge in [-0.2, -0.15) is 0 Å². The largest absolute Gasteiger partial charge is 0.419 e. The van der Waals surface area contributed by atoms with Crippen molar-refractivity contribution in [3.63, 3.8) is 0 Å². The van der Waals surface area contributed by atoms with E-state index in [1.165, 1.54) is 4.57 Å². The van der Waals surface area contributed by atoms with Gasteiger partial charge in [-0.05, 0) is 49.2 Å². The van der Waals surface area contributed by atoms with Crippen LogP contribution in [0.3, 0.4) is 0 Å². The molecule has 9 heteroatoms. The Bertz CT molecular complexity index is 1110. The molecule has 0 aliphatic carbocycles. The number of benzene rings is 2. The van der Waals surface area contributed by atoms with E-state index >= 15 is 0 Å². The number of carbonyl (C=O) groups is 2. The number of hydrogen-bond donors (Lipinski definition) is 3. The normalized spacial score (nSPS) is 15.7. The van der Waals surface area contributed by atoms with Crippen molar-refractivity contribution < 1.29 is 18.7 Å². The lowest BCUT2D eigenvalue weighted by molar-refractivity contribution is -0.116. The molecule has 0 bridgehead atoms. The van der Waals surface area contributed by atoms with E-state index in [0.717, 1.165) is 19.4 Å². The predicted molar refractivity (Wildman–Crippen MR) is 116 cm³/mol. The predicted octanol–water partition coefficient (Wildman–Crippen LogP) is 2.92. The fourth-order valence-electron chi connectivity index (χ4n) is 3.49. The summed E-state index contributed by atoms with van der Waals surface area (Å²) in [4.78, 5) is 36.2. The molecule has 1 aromatic heterocycles. The lowest BCUT2D eigenvalue weighted by atomic mass is 10.2. The van der Waals surface area contributed by atoms with E-state index in [1.54, 1.807) is 42.5 Å². The number of aryl methyl sites for hydroxylation is 1. The van der Waals surface area contributed by atoms with Crippen LogP contribution < -0.4 is 21.7 Å². The highest BCUT2D eigenvalue weighted by Gasteiger charge is 2.16. The number of para-hydroxylation sites is 2. The minimum Gasteiger partial charge on any atom is -0.408 e. The molecule has 9 nitrogen and oxygen atoms in total. The lowest BCUT2D eigenvalue weighted by Crippen LogP contribution is -2.35. The van der Waals surface area contributed by atoms with Gasteiger partial charge in [-0.15, -0.1) is 0 Å². The summed E-state index contributed by atoms with van der Waals surface area (Å²) in [5.41, 5.74) is 2.36. The zero-order chi connectivity index (χ0) is 21.6. The van der Waals surface area contributed by atoms with Crippen LogP contribution in [-0.2, 0) is 16.1 Å². The second kappa shape index (κ2) is 9.48. The van der Waals surface area contributed by atoms with Gasteiger partial charge in [0.05, 0.1) is 11.6 Å². The lowest BCUT2D eigenvalue weighted by Gasteiger charge is -2.12. The molecule has 3 aromatic rings. The first-order valence-electron chi connectivity index (χ1n) is 10.2. The van der Waals surface area contributed by atoms with Crippen molar-refractivity contribution in [3.05, 3.63) is 59.1 Å². The topological polar surface area (TPSA) is 115 Å². The van der Waals surface area contributed by atoms with Crippen molar-refractivity contribution in [2.24, 2.45) is 0 Å². The Balaban J connectivity index is 1.25. The van der Waals surface area contributed by atoms with Crippen LogP contribution >= 0.6 is 0 Å². The summed E-state index contributed by atoms with van der Waals surface area (Å²) in [7, 11) is 0. The van der Waals surface area contributed by atoms with E-state index in [0.29, 0.717) is 29.0 Å². The Labute approximate surface area is 178 Å². The van der Waals surface area contributed by atoms with Gasteiger partial charge in [0, 0.05) is 37.5 Å². The first-order valence-corrected chi connectivity index (χ1v) is 10.2. The number of anilines is 2. The molecule has 31 heavy (non-hydrogen) atoms. The van der Waals surface area contributed by atoms with Crippen molar-refractivity contribution in [1.82, 2.24) is 9.88 Å². The summed E-state index contributed by atoms with van der Waals surface area (Å²) in [5.74, 6) is -0.714. The minimum atomic E-state index is -0.484. The van der Waals surface area contributed by atoms with E-state index in [4.69, 9.17) is 9.15 Å². The first kappa shape index (κ1) is 20.7. The highest BCUT2D eigenvalue weighted by molar-refractivity contribution is 5.92. The highest BCUT2D eigenvalue weighted by Crippen LogP contribution is 2.15. The quantitative estimate of drug-likeness (QED) is 0.540. The van der Waals surface area contributed by atoms with Gasteiger partial charge in [0.2, 0.25) is 5.91 Å². The SMILES string of the molecule is O=C(CCn1c(=O)oc2ccccc21)Nc1ccc(NC(=O)NCC2CCCO2)cc1. The zero-order valence-electron chi connectivity index (χ0n) is 16.9. The van der Waals surface area contributed by atoms with Crippen LogP contribution in [0, 0.1) is 0 Å². The molecule has 1 unspecified atom stereocenters. The highest BCUT2D eigenvalue weighted by atomic mass is 16.5. The van der Waals surface area contributed by atoms with Gasteiger partial charge in [0.1, 0.15) is 0 Å². The molecular weight excluding hydrogens is 400 g/mol. The second-order valence-electron chi connectivity index (χ2n) is 7.33. The van der Waals surface area contributed by atoms with Gasteiger partial charge < -0.3 is 25.1 Å². The number of urea groups is 1. The molecule has 162 valence electrons. The van der Waals surface area contributed by atoms with E-state index in [-0.39, 0.29) is 31.0 Å². The summed E-state index contributed by atoms with van der Waals surface area (Å²) in [6, 6.07) is 13.6. The van der Waals surface area contributed by atoms with Gasteiger partial charge >= 0.3 is 11.8 Å². The number of aromatic nitrogens is 1. The molecule has 0 saturated carbocycles. The first-order chi connectivity index (χ1) is 15.1. The Morgan fingerprint density at radius 3 is 2.52 bits per heavy atom. The monoisotopic (exact) mass is 424 g/mol. The average Bonchev–Trinajstić information content (AvgIpc) is 3.39. The zero-order valence-corrected chi connectivity index (χ0v) is 16.9. The Morgan fingerprint density at radius 2 is 1.77 bits per heavy atom. The maximum Gasteiger partial charge on any atom is 0.419 e. The fourth-order valence-corrected chi connectivity index (χ4v) is 3.49. The molecule has 2 aromatic carbocycles. The Kier molecular flexibility index (Phi) is 6.32. The third-order valence-electron chi connectivity index (χ3n) is 5.08. The maximum absolute atomic E-state index is 12.3. The molecule has 0 radical (unpaired) electrons. The fraction of sp³-hybridized carbons (Fsp3) is 0.318. The smallest absolute Gasteiger partial charge is 0.408 e. The van der Waals surface area contributed by atoms with Gasteiger partial charge in [0.15, 0.2) is 5.58 Å². The van der Waals surface area contributed by atoms with Gasteiger partial charge in [0.25, 0.3) is 0 Å². The molecular formula is C22H24N4O5. The number of fused-ring (bicyclic) bond motifs is 1. The Morgan fingerprint density at radius 1 is 1.03 bits per heavy atom. The number of rotatable bonds is 7. The number of ether oxygens (including phenoxy) is 1. The number of nitrogens with zero attached hydrogens (tertiary/aromatic N) is 1. The molecule has 0 spiro atoms. The molecule has 1 atom stereocenters. The molecule has 1 fully saturated rings. The molecule has 1 aliphatic rings. The number of oxazole rings is 1. The molecule has 2 heterocycles. The summed E-state index contributed by atoms with van der Waals surface area (Å²) in [5, 5.41) is 8.32. The van der Waals surface area contributed by atoms with E-state index in [9.17, 15) is 14.4 Å². The van der Waals surface area contributed by atoms with Crippen molar-refractivity contribution in [1.29, 1.82) is 0 Å². The second-order valence-corrected chi connectivity index (χ2v) is 7.33. The van der Waals surface area contributed by atoms with Crippen molar-refractivity contribution in [2.45, 2.75) is 31.9 Å². The summed E-state index contributed by atoms with van der Waals surface area (Å²) >= 11 is 0. The van der Waals surface area contributed by atoms with E-state index in [2.05, 4.69) is 16.0 Å². The average molecular weight is 424 g/mol. The summed E-state index contributed by atoms with van der Waals surface area (Å²) < 4.78 is 12.1. The van der Waals surface area contributed by atoms with Gasteiger partial charge in [-0.3, -0.25) is 9.36 Å². The van der Waals surface area contributed by atoms with Crippen LogP contribution in [0.5, 0.6) is 0 Å². The standard InChI is InChI=1S/C22H24N4O5/c27-20(11-12-26-18-5-1-2-6-19(18)31-22(26)29)24-15-7-9-16(10-8-15)25-21(28)23-14-17-4-3-13-30-17/h1-2,5-10,17H,3-4,11-14H2,(H,24,27)(H2,23,25,28). The van der Waals surface area contributed by atoms with Crippen LogP contribution in [0.1, 0.15) is 19.3 Å². The van der Waals surface area contributed by atoms with Crippen LogP contribution in [0.25, 0.3) is 11.1 Å². The van der Waals surface area contributed by atoms with E-state index < -0.39 is 5.76 Å². The third-order valence-corrected chi connectivity index (χ3v) is 5.08. The minimum absolute atomic E-state index is 0.0826. The third kappa shape index (κ3) is 5.32. The number of amides is 3. The molecule has 1 aliphatic heterocycles. The van der Waals surface area contributed by atoms with Crippen LogP contribution in [-0.4, -0.2) is 35.8 Å².